The lowest BCUT2D eigenvalue weighted by Gasteiger charge is -2.39. The molecule has 133 heavy (non-hydrogen) atoms. The quantitative estimate of drug-likeness (QED) is 0.0485. The van der Waals surface area contributed by atoms with Crippen molar-refractivity contribution in [2.24, 2.45) is 0 Å². The van der Waals surface area contributed by atoms with Crippen LogP contribution in [0.1, 0.15) is 225 Å². The number of likely N-dealkylation sites (N-methyl/N-ethyl adjacent to an activating group) is 3. The van der Waals surface area contributed by atoms with Crippen molar-refractivity contribution in [3.05, 3.63) is 185 Å². The maximum absolute atomic E-state index is 10.1. The van der Waals surface area contributed by atoms with Crippen LogP contribution >= 0.6 is 0 Å². The smallest absolute Gasteiger partial charge is 0.103 e. The molecule has 2 unspecified atom stereocenters. The Kier molecular flexibility index (Phi) is 44.8. The Labute approximate surface area is 803 Å². The SMILES string of the molecule is CC(C)c1ccc(N2CCOC(C(C)(C)O)C2)cc1.CC(C)c1ccc(N2CCOCC2)c(CN(C)C)n1.CC(C)c1ccc(N2CCOCC2CN(C)C)cn1.CC(C)c1ccc(N2CCOC[C@@H]2CN(C)C)cn1.CC(C)c1ccc(N2CCOC[C@H]2CN(C)C)cn1.CC(C)c1ccc(N2CCO[C@@H](C(C)(C)O)C2)cc1.CC(C)c1ccc(N2CCO[C@H](C(C)(C)O)C2)cc1. The van der Waals surface area contributed by atoms with Crippen LogP contribution < -0.4 is 34.3 Å². The molecule has 7 aliphatic heterocycles. The summed E-state index contributed by atoms with van der Waals surface area (Å²) in [7, 11) is 16.8. The number of anilines is 7. The summed E-state index contributed by atoms with van der Waals surface area (Å²) in [6, 6.07) is 44.8. The van der Waals surface area contributed by atoms with E-state index in [1.165, 1.54) is 67.9 Å². The van der Waals surface area contributed by atoms with E-state index in [-0.39, 0.29) is 18.3 Å². The van der Waals surface area contributed by atoms with E-state index in [9.17, 15) is 15.3 Å². The number of nitrogens with zero attached hydrogens (tertiary/aromatic N) is 15. The highest BCUT2D eigenvalue weighted by molar-refractivity contribution is 5.55. The molecule has 25 nitrogen and oxygen atoms in total. The zero-order valence-corrected chi connectivity index (χ0v) is 87.1. The highest BCUT2D eigenvalue weighted by Crippen LogP contribution is 2.33. The van der Waals surface area contributed by atoms with Gasteiger partial charge in [0.05, 0.1) is 155 Å². The third-order valence-corrected chi connectivity index (χ3v) is 25.2. The average Bonchev–Trinajstić information content (AvgIpc) is 0.800. The molecule has 7 fully saturated rings. The standard InChI is InChI=1S/3C16H25NO2.4C15H25N3O/c3*1-12(2)13-5-7-14(8-6-13)17-9-10-19-15(11-17)16(3,4)18;1-12(2)13-5-6-15(14(16-13)11-17(3)4)18-7-9-19-10-8-18;3*1-12(2)15-6-5-13(9-16-15)18-7-8-19-11-14(18)10-17(3)4/h3*5-8,12,15,18H,9-11H2,1-4H3;5-6,12H,7-11H2,1-4H3;3*5-6,9,12,14H,7-8,10-11H2,1-4H3/t2*15-;;;2*14-;/m10..10./s1. The zero-order chi connectivity index (χ0) is 97.4. The topological polar surface area (TPSA) is 212 Å². The van der Waals surface area contributed by atoms with E-state index in [1.54, 1.807) is 0 Å². The van der Waals surface area contributed by atoms with Gasteiger partial charge in [-0.05, 0) is 241 Å². The first-order valence-electron chi connectivity index (χ1n) is 49.3. The van der Waals surface area contributed by atoms with Crippen molar-refractivity contribution < 1.29 is 48.5 Å². The number of hydrogen-bond acceptors (Lipinski definition) is 25. The van der Waals surface area contributed by atoms with E-state index in [1.807, 2.05) is 60.1 Å². The molecule has 0 bridgehead atoms. The minimum absolute atomic E-state index is 0.133. The normalized spacial score (nSPS) is 20.0. The van der Waals surface area contributed by atoms with Crippen LogP contribution in [0.2, 0.25) is 0 Å². The number of hydrogen-bond donors (Lipinski definition) is 3. The van der Waals surface area contributed by atoms with Gasteiger partial charge in [0.15, 0.2) is 0 Å². The van der Waals surface area contributed by atoms with E-state index in [4.69, 9.17) is 38.1 Å². The molecule has 14 rings (SSSR count). The van der Waals surface area contributed by atoms with Gasteiger partial charge in [0.2, 0.25) is 0 Å². The molecule has 742 valence electrons. The second-order valence-electron chi connectivity index (χ2n) is 41.7. The summed E-state index contributed by atoms with van der Waals surface area (Å²) < 4.78 is 39.2. The van der Waals surface area contributed by atoms with Gasteiger partial charge in [-0.15, -0.1) is 0 Å². The molecular weight excluding hydrogens is 1670 g/mol. The largest absolute Gasteiger partial charge is 0.388 e. The van der Waals surface area contributed by atoms with Crippen LogP contribution in [0.4, 0.5) is 39.8 Å². The molecule has 0 amide bonds. The van der Waals surface area contributed by atoms with Crippen LogP contribution in [0.15, 0.2) is 140 Å². The molecule has 0 radical (unpaired) electrons. The monoisotopic (exact) mass is 1840 g/mol. The van der Waals surface area contributed by atoms with Gasteiger partial charge in [0.1, 0.15) is 18.3 Å². The van der Waals surface area contributed by atoms with E-state index >= 15 is 0 Å². The lowest BCUT2D eigenvalue weighted by atomic mass is 9.99. The van der Waals surface area contributed by atoms with Crippen LogP contribution in [0.3, 0.4) is 0 Å². The fraction of sp³-hybridized carbons (Fsp3) is 0.648. The molecule has 0 aliphatic carbocycles. The molecule has 25 heteroatoms. The minimum atomic E-state index is -0.795. The summed E-state index contributed by atoms with van der Waals surface area (Å²) >= 11 is 0. The van der Waals surface area contributed by atoms with Gasteiger partial charge < -0.3 is 102 Å². The van der Waals surface area contributed by atoms with E-state index in [0.29, 0.717) is 79.4 Å². The molecule has 7 aromatic rings. The predicted molar refractivity (Wildman–Crippen MR) is 552 cm³/mol. The highest BCUT2D eigenvalue weighted by Gasteiger charge is 2.37. The Morgan fingerprint density at radius 1 is 0.308 bits per heavy atom. The summed E-state index contributed by atoms with van der Waals surface area (Å²) in [5.74, 6) is 3.59. The molecule has 4 aromatic heterocycles. The maximum atomic E-state index is 10.1. The van der Waals surface area contributed by atoms with Gasteiger partial charge in [-0.2, -0.15) is 0 Å². The maximum Gasteiger partial charge on any atom is 0.103 e. The van der Waals surface area contributed by atoms with Crippen molar-refractivity contribution in [1.82, 2.24) is 39.5 Å². The van der Waals surface area contributed by atoms with Crippen molar-refractivity contribution in [1.29, 1.82) is 0 Å². The van der Waals surface area contributed by atoms with Crippen LogP contribution in [0.25, 0.3) is 0 Å². The lowest BCUT2D eigenvalue weighted by molar-refractivity contribution is -0.0928. The fourth-order valence-electron chi connectivity index (χ4n) is 16.9. The molecule has 0 saturated carbocycles. The van der Waals surface area contributed by atoms with Crippen molar-refractivity contribution in [2.75, 3.05) is 255 Å². The highest BCUT2D eigenvalue weighted by atomic mass is 16.5. The first-order chi connectivity index (χ1) is 62.9. The number of aromatic nitrogens is 4. The van der Waals surface area contributed by atoms with Crippen LogP contribution in [0, 0.1) is 0 Å². The second kappa shape index (κ2) is 53.9. The first kappa shape index (κ1) is 111. The number of benzene rings is 3. The van der Waals surface area contributed by atoms with E-state index in [2.05, 4.69) is 343 Å². The number of morpholine rings is 7. The number of pyridine rings is 4. The van der Waals surface area contributed by atoms with Crippen molar-refractivity contribution in [3.8, 4) is 0 Å². The Morgan fingerprint density at radius 3 is 0.812 bits per heavy atom. The van der Waals surface area contributed by atoms with Crippen molar-refractivity contribution in [2.45, 2.75) is 240 Å². The van der Waals surface area contributed by atoms with Crippen LogP contribution in [-0.2, 0) is 39.7 Å². The first-order valence-corrected chi connectivity index (χ1v) is 49.3. The minimum Gasteiger partial charge on any atom is -0.388 e. The molecule has 7 aliphatic rings. The van der Waals surface area contributed by atoms with E-state index < -0.39 is 16.8 Å². The van der Waals surface area contributed by atoms with E-state index in [0.717, 1.165) is 168 Å². The third-order valence-electron chi connectivity index (χ3n) is 25.2. The van der Waals surface area contributed by atoms with Crippen LogP contribution in [0.5, 0.6) is 0 Å². The predicted octanol–water partition coefficient (Wildman–Crippen LogP) is 16.4. The van der Waals surface area contributed by atoms with Gasteiger partial charge in [-0.25, -0.2) is 0 Å². The molecule has 7 saturated heterocycles. The van der Waals surface area contributed by atoms with Gasteiger partial charge in [-0.1, -0.05) is 133 Å². The number of rotatable bonds is 25. The molecule has 3 N–H and O–H groups in total. The Hall–Kier alpha value is -7.70. The van der Waals surface area contributed by atoms with Gasteiger partial charge in [0, 0.05) is 138 Å². The number of ether oxygens (including phenoxy) is 7. The zero-order valence-electron chi connectivity index (χ0n) is 87.1. The van der Waals surface area contributed by atoms with Crippen molar-refractivity contribution in [3.63, 3.8) is 0 Å². The van der Waals surface area contributed by atoms with Crippen LogP contribution in [-0.4, -0.2) is 329 Å². The average molecular weight is 1840 g/mol. The number of aliphatic hydroxyl groups is 3. The summed E-state index contributed by atoms with van der Waals surface area (Å²) in [6.07, 6.45) is 5.61. The fourth-order valence-corrected chi connectivity index (χ4v) is 16.9. The summed E-state index contributed by atoms with van der Waals surface area (Å²) in [4.78, 5) is 43.9. The van der Waals surface area contributed by atoms with Crippen molar-refractivity contribution >= 4 is 39.8 Å². The van der Waals surface area contributed by atoms with Gasteiger partial charge in [-0.3, -0.25) is 19.9 Å². The molecular formula is C108H175N15O10. The van der Waals surface area contributed by atoms with Gasteiger partial charge >= 0.3 is 0 Å². The summed E-state index contributed by atoms with van der Waals surface area (Å²) in [5, 5.41) is 30.2. The second-order valence-corrected chi connectivity index (χ2v) is 41.7. The lowest BCUT2D eigenvalue weighted by Crippen LogP contribution is -2.52. The Bertz CT molecular complexity index is 3980. The molecule has 0 spiro atoms. The summed E-state index contributed by atoms with van der Waals surface area (Å²) in [6.45, 7) is 63.4. The molecule has 11 heterocycles. The Balaban J connectivity index is 0.000000191. The van der Waals surface area contributed by atoms with Gasteiger partial charge in [0.25, 0.3) is 0 Å². The molecule has 3 aromatic carbocycles. The summed E-state index contributed by atoms with van der Waals surface area (Å²) in [5.41, 5.74) is 16.0. The Morgan fingerprint density at radius 2 is 0.571 bits per heavy atom. The third kappa shape index (κ3) is 36.3. The molecule has 6 atom stereocenters.